The fourth-order valence-electron chi connectivity index (χ4n) is 8.62. The predicted molar refractivity (Wildman–Crippen MR) is 111 cm³/mol. The van der Waals surface area contributed by atoms with Crippen LogP contribution in [0.4, 0.5) is 11.5 Å². The normalized spacial score (nSPS) is 49.9. The van der Waals surface area contributed by atoms with Crippen molar-refractivity contribution in [2.75, 3.05) is 36.4 Å². The number of morpholine rings is 1. The number of nitrogens with zero attached hydrogens (tertiary/aromatic N) is 2. The van der Waals surface area contributed by atoms with Crippen molar-refractivity contribution in [2.45, 2.75) is 46.3 Å². The van der Waals surface area contributed by atoms with Crippen molar-refractivity contribution in [3.63, 3.8) is 0 Å². The molecule has 4 saturated carbocycles. The van der Waals surface area contributed by atoms with Crippen LogP contribution in [0.15, 0.2) is 12.1 Å². The predicted octanol–water partition coefficient (Wildman–Crippen LogP) is 2.89. The first-order valence-corrected chi connectivity index (χ1v) is 11.2. The fourth-order valence-corrected chi connectivity index (χ4v) is 8.62. The molecule has 9 atom stereocenters. The van der Waals surface area contributed by atoms with E-state index in [9.17, 15) is 0 Å². The molecule has 5 fully saturated rings. The maximum absolute atomic E-state index is 6.15. The second-order valence-electron chi connectivity index (χ2n) is 10.5. The number of anilines is 2. The summed E-state index contributed by atoms with van der Waals surface area (Å²) >= 11 is 0. The molecule has 2 heterocycles. The topological polar surface area (TPSA) is 63.4 Å². The van der Waals surface area contributed by atoms with Gasteiger partial charge < -0.3 is 20.7 Å². The third-order valence-electron chi connectivity index (χ3n) is 9.61. The van der Waals surface area contributed by atoms with Gasteiger partial charge >= 0.3 is 0 Å². The lowest BCUT2D eigenvalue weighted by atomic mass is 9.07. The molecule has 0 spiro atoms. The van der Waals surface area contributed by atoms with Crippen LogP contribution in [-0.4, -0.2) is 43.4 Å². The average Bonchev–Trinajstić information content (AvgIpc) is 2.65. The van der Waals surface area contributed by atoms with Crippen molar-refractivity contribution in [2.24, 2.45) is 46.2 Å². The highest BCUT2D eigenvalue weighted by atomic mass is 16.5. The van der Waals surface area contributed by atoms with Crippen LogP contribution in [0.1, 0.15) is 32.9 Å². The molecule has 0 aromatic carbocycles. The third kappa shape index (κ3) is 1.80. The second-order valence-corrected chi connectivity index (χ2v) is 10.5. The van der Waals surface area contributed by atoms with Gasteiger partial charge in [0.05, 0.1) is 23.6 Å². The highest BCUT2D eigenvalue weighted by Gasteiger charge is 2.94. The van der Waals surface area contributed by atoms with Gasteiger partial charge in [-0.2, -0.15) is 0 Å². The van der Waals surface area contributed by atoms with Crippen LogP contribution >= 0.6 is 0 Å². The number of pyridine rings is 1. The van der Waals surface area contributed by atoms with Crippen LogP contribution in [-0.2, 0) is 4.74 Å². The van der Waals surface area contributed by atoms with E-state index < -0.39 is 0 Å². The molecule has 6 rings (SSSR count). The molecule has 0 amide bonds. The molecule has 3 N–H and O–H groups in total. The van der Waals surface area contributed by atoms with Crippen molar-refractivity contribution >= 4 is 11.5 Å². The molecule has 0 radical (unpaired) electrons. The van der Waals surface area contributed by atoms with Gasteiger partial charge in [0.25, 0.3) is 0 Å². The van der Waals surface area contributed by atoms with Gasteiger partial charge in [0, 0.05) is 19.6 Å². The van der Waals surface area contributed by atoms with Crippen molar-refractivity contribution < 1.29 is 4.74 Å². The number of nitrogens with two attached hydrogens (primary N) is 1. The summed E-state index contributed by atoms with van der Waals surface area (Å²) in [5.41, 5.74) is 9.57. The average molecular weight is 383 g/mol. The molecule has 5 nitrogen and oxygen atoms in total. The van der Waals surface area contributed by atoms with Crippen LogP contribution in [0.2, 0.25) is 0 Å². The second kappa shape index (κ2) is 5.42. The fraction of sp³-hybridized carbons (Fsp3) is 0.783. The van der Waals surface area contributed by atoms with Crippen LogP contribution < -0.4 is 16.0 Å². The Hall–Kier alpha value is -1.33. The van der Waals surface area contributed by atoms with Crippen molar-refractivity contribution in [1.29, 1.82) is 0 Å². The Balaban J connectivity index is 1.15. The maximum Gasteiger partial charge on any atom is 0.129 e. The lowest BCUT2D eigenvalue weighted by molar-refractivity contribution is -0.498. The molecule has 1 aromatic rings. The number of aryl methyl sites for hydroxylation is 1. The molecule has 1 saturated heterocycles. The van der Waals surface area contributed by atoms with E-state index in [0.717, 1.165) is 67.3 Å². The van der Waals surface area contributed by atoms with Crippen LogP contribution in [0.25, 0.3) is 0 Å². The first-order valence-electron chi connectivity index (χ1n) is 11.2. The molecule has 4 aliphatic carbocycles. The van der Waals surface area contributed by atoms with E-state index in [-0.39, 0.29) is 12.2 Å². The van der Waals surface area contributed by atoms with Gasteiger partial charge in [-0.15, -0.1) is 0 Å². The van der Waals surface area contributed by atoms with Gasteiger partial charge in [-0.1, -0.05) is 6.92 Å². The highest BCUT2D eigenvalue weighted by molar-refractivity contribution is 5.55. The van der Waals surface area contributed by atoms with E-state index in [1.54, 1.807) is 0 Å². The lowest BCUT2D eigenvalue weighted by Gasteiger charge is -2.97. The third-order valence-corrected chi connectivity index (χ3v) is 9.61. The van der Waals surface area contributed by atoms with Crippen molar-refractivity contribution in [3.8, 4) is 0 Å². The van der Waals surface area contributed by atoms with E-state index in [1.807, 2.05) is 0 Å². The molecule has 1 aliphatic heterocycles. The van der Waals surface area contributed by atoms with Crippen LogP contribution in [0, 0.1) is 47.3 Å². The Morgan fingerprint density at radius 1 is 1.18 bits per heavy atom. The van der Waals surface area contributed by atoms with Crippen LogP contribution in [0.3, 0.4) is 0 Å². The molecule has 9 unspecified atom stereocenters. The molecule has 1 aromatic heterocycles. The molecule has 5 aliphatic rings. The number of fused-ring (bicyclic) bond motifs is 2. The number of hydrogen-bond donors (Lipinski definition) is 2. The van der Waals surface area contributed by atoms with Crippen molar-refractivity contribution in [3.05, 3.63) is 17.8 Å². The summed E-state index contributed by atoms with van der Waals surface area (Å²) in [5.74, 6) is 5.68. The number of ether oxygens (including phenoxy) is 1. The minimum atomic E-state index is 0.257. The van der Waals surface area contributed by atoms with E-state index in [1.165, 1.54) is 12.1 Å². The van der Waals surface area contributed by atoms with E-state index in [0.29, 0.717) is 10.8 Å². The number of aromatic nitrogens is 1. The summed E-state index contributed by atoms with van der Waals surface area (Å²) in [6.07, 6.45) is 1.91. The molecular formula is C23H34N4O. The first-order chi connectivity index (χ1) is 13.4. The number of nitrogens with one attached hydrogen (secondary N) is 1. The smallest absolute Gasteiger partial charge is 0.129 e. The molecular weight excluding hydrogens is 348 g/mol. The maximum atomic E-state index is 6.15. The molecule has 28 heavy (non-hydrogen) atoms. The van der Waals surface area contributed by atoms with Gasteiger partial charge in [-0.25, -0.2) is 4.98 Å². The Kier molecular flexibility index (Phi) is 3.39. The van der Waals surface area contributed by atoms with E-state index >= 15 is 0 Å². The van der Waals surface area contributed by atoms with Gasteiger partial charge in [-0.05, 0) is 86.3 Å². The summed E-state index contributed by atoms with van der Waals surface area (Å²) in [6, 6.07) is 4.42. The summed E-state index contributed by atoms with van der Waals surface area (Å²) in [6.45, 7) is 12.8. The van der Waals surface area contributed by atoms with Crippen molar-refractivity contribution in [1.82, 2.24) is 4.98 Å². The Morgan fingerprint density at radius 3 is 2.50 bits per heavy atom. The molecule has 5 heteroatoms. The Labute approximate surface area is 168 Å². The highest BCUT2D eigenvalue weighted by Crippen LogP contribution is 2.96. The minimum absolute atomic E-state index is 0.257. The zero-order chi connectivity index (χ0) is 19.4. The minimum Gasteiger partial charge on any atom is -0.383 e. The SMILES string of the molecule is Cc1nc(N2CC(C)OC(C)C2)ccc1NCC12C(C)C3C1C1C2CC31CN. The van der Waals surface area contributed by atoms with E-state index in [2.05, 4.69) is 50.0 Å². The van der Waals surface area contributed by atoms with E-state index in [4.69, 9.17) is 15.5 Å². The summed E-state index contributed by atoms with van der Waals surface area (Å²) in [7, 11) is 0. The zero-order valence-corrected chi connectivity index (χ0v) is 17.6. The van der Waals surface area contributed by atoms with Gasteiger partial charge in [0.2, 0.25) is 0 Å². The van der Waals surface area contributed by atoms with Gasteiger partial charge in [0.1, 0.15) is 5.82 Å². The Morgan fingerprint density at radius 2 is 1.93 bits per heavy atom. The summed E-state index contributed by atoms with van der Waals surface area (Å²) in [5, 5.41) is 3.80. The quantitative estimate of drug-likeness (QED) is 0.820. The van der Waals surface area contributed by atoms with Gasteiger partial charge in [0.15, 0.2) is 0 Å². The Bertz CT molecular complexity index is 801. The number of rotatable bonds is 5. The monoisotopic (exact) mass is 382 g/mol. The molecule has 152 valence electrons. The largest absolute Gasteiger partial charge is 0.383 e. The molecule has 0 bridgehead atoms. The summed E-state index contributed by atoms with van der Waals surface area (Å²) in [4.78, 5) is 7.29. The zero-order valence-electron chi connectivity index (χ0n) is 17.6. The van der Waals surface area contributed by atoms with Crippen LogP contribution in [0.5, 0.6) is 0 Å². The summed E-state index contributed by atoms with van der Waals surface area (Å²) < 4.78 is 5.86. The standard InChI is InChI=1S/C23H34N4O/c1-12-8-27(9-13(2)28-12)18-6-5-17(15(4)26-18)25-11-23-14(3)19-21(23)20-16(23)7-22(19,20)10-24/h5-6,12-14,16,19-21,25H,7-11,24H2,1-4H3. The first kappa shape index (κ1) is 17.5. The number of hydrogen-bond acceptors (Lipinski definition) is 5. The van der Waals surface area contributed by atoms with Gasteiger partial charge in [-0.3, -0.25) is 0 Å². The lowest BCUT2D eigenvalue weighted by Crippen LogP contribution is -2.96.